The second-order valence-electron chi connectivity index (χ2n) is 7.55. The number of rotatable bonds is 5. The highest BCUT2D eigenvalue weighted by Crippen LogP contribution is 2.37. The van der Waals surface area contributed by atoms with Crippen molar-refractivity contribution >= 4 is 5.91 Å². The summed E-state index contributed by atoms with van der Waals surface area (Å²) in [6.45, 7) is 3.32. The van der Waals surface area contributed by atoms with Crippen LogP contribution in [0.15, 0.2) is 30.3 Å². The topological polar surface area (TPSA) is 69.0 Å². The number of ether oxygens (including phenoxy) is 1. The van der Waals surface area contributed by atoms with Crippen LogP contribution in [0.5, 0.6) is 0 Å². The lowest BCUT2D eigenvalue weighted by Gasteiger charge is -2.36. The van der Waals surface area contributed by atoms with Crippen LogP contribution >= 0.6 is 0 Å². The minimum Gasteiger partial charge on any atom is -0.370 e. The number of carbonyl (C=O) groups excluding carboxylic acids is 1. The number of aromatic nitrogens is 3. The van der Waals surface area contributed by atoms with Gasteiger partial charge in [-0.15, -0.1) is 10.2 Å². The first-order chi connectivity index (χ1) is 12.7. The number of hydrogen-bond donors (Lipinski definition) is 1. The molecule has 1 N–H and O–H groups in total. The summed E-state index contributed by atoms with van der Waals surface area (Å²) >= 11 is 0. The molecule has 2 aromatic rings. The monoisotopic (exact) mass is 354 g/mol. The maximum Gasteiger partial charge on any atom is 0.248 e. The Hall–Kier alpha value is -2.21. The fourth-order valence-electron chi connectivity index (χ4n) is 4.14. The molecule has 1 aromatic carbocycles. The van der Waals surface area contributed by atoms with Crippen molar-refractivity contribution in [2.24, 2.45) is 0 Å². The van der Waals surface area contributed by atoms with E-state index in [4.69, 9.17) is 4.74 Å². The van der Waals surface area contributed by atoms with E-state index < -0.39 is 5.54 Å². The number of benzene rings is 1. The van der Waals surface area contributed by atoms with E-state index in [9.17, 15) is 4.79 Å². The number of nitrogens with one attached hydrogen (secondary N) is 1. The molecule has 138 valence electrons. The number of fused-ring (bicyclic) bond motifs is 1. The Morgan fingerprint density at radius 3 is 2.81 bits per heavy atom. The summed E-state index contributed by atoms with van der Waals surface area (Å²) in [4.78, 5) is 13.1. The van der Waals surface area contributed by atoms with Crippen molar-refractivity contribution < 1.29 is 9.53 Å². The Morgan fingerprint density at radius 2 is 2.04 bits per heavy atom. The van der Waals surface area contributed by atoms with E-state index in [1.54, 1.807) is 0 Å². The van der Waals surface area contributed by atoms with Crippen LogP contribution in [0.2, 0.25) is 0 Å². The Bertz CT molecular complexity index is 767. The lowest BCUT2D eigenvalue weighted by Crippen LogP contribution is -2.53. The zero-order valence-corrected chi connectivity index (χ0v) is 15.3. The molecule has 6 nitrogen and oxygen atoms in total. The molecule has 2 aliphatic rings. The van der Waals surface area contributed by atoms with Crippen molar-refractivity contribution in [3.05, 3.63) is 47.5 Å². The first kappa shape index (κ1) is 17.2. The smallest absolute Gasteiger partial charge is 0.248 e. The molecule has 1 aromatic heterocycles. The quantitative estimate of drug-likeness (QED) is 0.896. The maximum atomic E-state index is 13.1. The van der Waals surface area contributed by atoms with Crippen molar-refractivity contribution in [3.8, 4) is 0 Å². The summed E-state index contributed by atoms with van der Waals surface area (Å²) < 4.78 is 7.75. The van der Waals surface area contributed by atoms with Gasteiger partial charge >= 0.3 is 0 Å². The number of carbonyl (C=O) groups is 1. The molecule has 1 atom stereocenters. The van der Waals surface area contributed by atoms with Gasteiger partial charge in [0.2, 0.25) is 5.91 Å². The van der Waals surface area contributed by atoms with Crippen LogP contribution in [0.25, 0.3) is 0 Å². The third-order valence-corrected chi connectivity index (χ3v) is 5.61. The summed E-state index contributed by atoms with van der Waals surface area (Å²) in [6, 6.07) is 10.2. The van der Waals surface area contributed by atoms with Gasteiger partial charge in [0.1, 0.15) is 18.0 Å². The Morgan fingerprint density at radius 1 is 1.27 bits per heavy atom. The number of amides is 1. The van der Waals surface area contributed by atoms with Crippen LogP contribution < -0.4 is 5.32 Å². The molecule has 0 saturated heterocycles. The van der Waals surface area contributed by atoms with Gasteiger partial charge in [0.15, 0.2) is 5.82 Å². The van der Waals surface area contributed by atoms with E-state index in [1.807, 2.05) is 25.1 Å². The average molecular weight is 354 g/mol. The highest BCUT2D eigenvalue weighted by molar-refractivity contribution is 5.84. The predicted molar refractivity (Wildman–Crippen MR) is 97.7 cm³/mol. The van der Waals surface area contributed by atoms with E-state index in [0.717, 1.165) is 30.9 Å². The molecule has 2 heterocycles. The van der Waals surface area contributed by atoms with Gasteiger partial charge in [0.25, 0.3) is 0 Å². The molecule has 1 aliphatic carbocycles. The zero-order chi connectivity index (χ0) is 18.0. The summed E-state index contributed by atoms with van der Waals surface area (Å²) in [5.41, 5.74) is 0.431. The average Bonchev–Trinajstić information content (AvgIpc) is 3.32. The van der Waals surface area contributed by atoms with Crippen molar-refractivity contribution in [1.82, 2.24) is 20.1 Å². The SMILES string of the molecule is CC1(C(=O)NCCc2ccccc2)COCc2nnc(C3CCCC3)n21. The minimum atomic E-state index is -0.786. The molecule has 0 spiro atoms. The van der Waals surface area contributed by atoms with Crippen molar-refractivity contribution in [2.45, 2.75) is 57.1 Å². The van der Waals surface area contributed by atoms with Gasteiger partial charge in [-0.25, -0.2) is 0 Å². The molecule has 1 aliphatic heterocycles. The molecular weight excluding hydrogens is 328 g/mol. The van der Waals surface area contributed by atoms with E-state index in [-0.39, 0.29) is 5.91 Å². The summed E-state index contributed by atoms with van der Waals surface area (Å²) in [6.07, 6.45) is 5.52. The lowest BCUT2D eigenvalue weighted by molar-refractivity contribution is -0.135. The standard InChI is InChI=1S/C20H26N4O2/c1-20(19(25)21-12-11-15-7-3-2-4-8-15)14-26-13-17-22-23-18(24(17)20)16-9-5-6-10-16/h2-4,7-8,16H,5-6,9-14H2,1H3,(H,21,25). The minimum absolute atomic E-state index is 0.0200. The molecule has 1 amide bonds. The molecule has 26 heavy (non-hydrogen) atoms. The lowest BCUT2D eigenvalue weighted by atomic mass is 9.97. The summed E-state index contributed by atoms with van der Waals surface area (Å²) in [5.74, 6) is 2.11. The Balaban J connectivity index is 1.51. The molecule has 4 rings (SSSR count). The molecular formula is C20H26N4O2. The third-order valence-electron chi connectivity index (χ3n) is 5.61. The van der Waals surface area contributed by atoms with Crippen molar-refractivity contribution in [3.63, 3.8) is 0 Å². The van der Waals surface area contributed by atoms with Gasteiger partial charge in [0, 0.05) is 12.5 Å². The second kappa shape index (κ2) is 7.19. The highest BCUT2D eigenvalue weighted by atomic mass is 16.5. The van der Waals surface area contributed by atoms with Crippen LogP contribution in [0, 0.1) is 0 Å². The number of nitrogens with zero attached hydrogens (tertiary/aromatic N) is 3. The molecule has 1 fully saturated rings. The van der Waals surface area contributed by atoms with Gasteiger partial charge < -0.3 is 10.1 Å². The van der Waals surface area contributed by atoms with Gasteiger partial charge in [-0.1, -0.05) is 43.2 Å². The van der Waals surface area contributed by atoms with Crippen LogP contribution in [0.3, 0.4) is 0 Å². The highest BCUT2D eigenvalue weighted by Gasteiger charge is 2.43. The van der Waals surface area contributed by atoms with Crippen molar-refractivity contribution in [1.29, 1.82) is 0 Å². The maximum absolute atomic E-state index is 13.1. The Labute approximate surface area is 154 Å². The second-order valence-corrected chi connectivity index (χ2v) is 7.55. The van der Waals surface area contributed by atoms with E-state index in [1.165, 1.54) is 18.4 Å². The third kappa shape index (κ3) is 3.14. The molecule has 1 unspecified atom stereocenters. The van der Waals surface area contributed by atoms with Crippen molar-refractivity contribution in [2.75, 3.05) is 13.2 Å². The van der Waals surface area contributed by atoms with Gasteiger partial charge in [-0.05, 0) is 31.7 Å². The molecule has 0 radical (unpaired) electrons. The van der Waals surface area contributed by atoms with E-state index in [0.29, 0.717) is 25.7 Å². The van der Waals surface area contributed by atoms with Crippen LogP contribution in [-0.2, 0) is 28.1 Å². The largest absolute Gasteiger partial charge is 0.370 e. The van der Waals surface area contributed by atoms with Crippen LogP contribution in [-0.4, -0.2) is 33.8 Å². The fraction of sp³-hybridized carbons (Fsp3) is 0.550. The van der Waals surface area contributed by atoms with E-state index >= 15 is 0 Å². The summed E-state index contributed by atoms with van der Waals surface area (Å²) in [5, 5.41) is 11.8. The predicted octanol–water partition coefficient (Wildman–Crippen LogP) is 2.54. The number of hydrogen-bond acceptors (Lipinski definition) is 4. The molecule has 6 heteroatoms. The van der Waals surface area contributed by atoms with Gasteiger partial charge in [-0.2, -0.15) is 0 Å². The van der Waals surface area contributed by atoms with Gasteiger partial charge in [-0.3, -0.25) is 9.36 Å². The fourth-order valence-corrected chi connectivity index (χ4v) is 4.14. The van der Waals surface area contributed by atoms with E-state index in [2.05, 4.69) is 32.2 Å². The molecule has 0 bridgehead atoms. The zero-order valence-electron chi connectivity index (χ0n) is 15.3. The molecule has 1 saturated carbocycles. The summed E-state index contributed by atoms with van der Waals surface area (Å²) in [7, 11) is 0. The van der Waals surface area contributed by atoms with Gasteiger partial charge in [0.05, 0.1) is 6.61 Å². The first-order valence-electron chi connectivity index (χ1n) is 9.53. The Kier molecular flexibility index (Phi) is 4.76. The van der Waals surface area contributed by atoms with Crippen LogP contribution in [0.4, 0.5) is 0 Å². The van der Waals surface area contributed by atoms with Crippen LogP contribution in [0.1, 0.15) is 55.7 Å². The normalized spacial score (nSPS) is 23.0. The first-order valence-corrected chi connectivity index (χ1v) is 9.53.